The molecular weight excluding hydrogens is 551 g/mol. The first-order chi connectivity index (χ1) is 16.8. The van der Waals surface area contributed by atoms with Crippen LogP contribution in [0, 0.1) is 0 Å². The van der Waals surface area contributed by atoms with Crippen molar-refractivity contribution in [3.8, 4) is 0 Å². The molecule has 0 amide bonds. The number of halogens is 1. The van der Waals surface area contributed by atoms with E-state index in [0.717, 1.165) is 13.1 Å². The van der Waals surface area contributed by atoms with Gasteiger partial charge in [0, 0.05) is 47.5 Å². The highest BCUT2D eigenvalue weighted by atomic mass is 127. The van der Waals surface area contributed by atoms with Gasteiger partial charge in [0.2, 0.25) is 5.69 Å². The lowest BCUT2D eigenvalue weighted by atomic mass is 9.81. The minimum absolute atomic E-state index is 0. The fourth-order valence-electron chi connectivity index (χ4n) is 6.03. The molecule has 4 rings (SSSR count). The van der Waals surface area contributed by atoms with Gasteiger partial charge in [0.15, 0.2) is 5.71 Å². The lowest BCUT2D eigenvalue weighted by Gasteiger charge is -2.27. The molecule has 0 saturated carbocycles. The highest BCUT2D eigenvalue weighted by molar-refractivity contribution is 6.03. The summed E-state index contributed by atoms with van der Waals surface area (Å²) < 4.78 is 2.58. The van der Waals surface area contributed by atoms with E-state index in [1.807, 2.05) is 0 Å². The molecule has 2 aliphatic rings. The zero-order chi connectivity index (χ0) is 25.1. The maximum absolute atomic E-state index is 2.58. The van der Waals surface area contributed by atoms with Crippen molar-refractivity contribution in [3.63, 3.8) is 0 Å². The second-order valence-corrected chi connectivity index (χ2v) is 11.3. The van der Waals surface area contributed by atoms with Gasteiger partial charge in [0.1, 0.15) is 6.54 Å². The summed E-state index contributed by atoms with van der Waals surface area (Å²) in [6.45, 7) is 16.3. The molecule has 0 atom stereocenters. The molecule has 194 valence electrons. The second kappa shape index (κ2) is 12.1. The molecule has 0 spiro atoms. The molecule has 2 aromatic carbocycles. The van der Waals surface area contributed by atoms with Crippen molar-refractivity contribution in [1.82, 2.24) is 0 Å². The quantitative estimate of drug-likeness (QED) is 0.194. The average Bonchev–Trinajstić information content (AvgIpc) is 3.19. The third kappa shape index (κ3) is 5.37. The van der Waals surface area contributed by atoms with E-state index in [4.69, 9.17) is 0 Å². The van der Waals surface area contributed by atoms with Crippen LogP contribution in [0.4, 0.5) is 11.4 Å². The average molecular weight is 597 g/mol. The van der Waals surface area contributed by atoms with E-state index in [1.165, 1.54) is 72.4 Å². The van der Waals surface area contributed by atoms with Crippen LogP contribution in [0.2, 0.25) is 0 Å². The molecule has 0 fully saturated rings. The minimum Gasteiger partial charge on any atom is -1.00 e. The van der Waals surface area contributed by atoms with Crippen molar-refractivity contribution in [2.75, 3.05) is 18.0 Å². The molecule has 2 nitrogen and oxygen atoms in total. The minimum atomic E-state index is 0. The third-order valence-electron chi connectivity index (χ3n) is 8.08. The molecule has 0 bridgehead atoms. The van der Waals surface area contributed by atoms with Gasteiger partial charge in [-0.05, 0) is 44.4 Å². The number of allylic oxidation sites excluding steroid dienone is 4. The van der Waals surface area contributed by atoms with Gasteiger partial charge in [-0.2, -0.15) is 4.58 Å². The van der Waals surface area contributed by atoms with Crippen LogP contribution in [0.1, 0.15) is 91.2 Å². The van der Waals surface area contributed by atoms with Gasteiger partial charge in [-0.3, -0.25) is 0 Å². The zero-order valence-electron chi connectivity index (χ0n) is 23.3. The van der Waals surface area contributed by atoms with Crippen LogP contribution < -0.4 is 28.9 Å². The summed E-state index contributed by atoms with van der Waals surface area (Å²) in [6.07, 6.45) is 14.6. The Balaban J connectivity index is 0.00000361. The van der Waals surface area contributed by atoms with Gasteiger partial charge in [0.25, 0.3) is 0 Å². The van der Waals surface area contributed by atoms with Crippen molar-refractivity contribution >= 4 is 17.1 Å². The van der Waals surface area contributed by atoms with Crippen LogP contribution in [0.15, 0.2) is 72.5 Å². The first kappa shape index (κ1) is 28.7. The second-order valence-electron chi connectivity index (χ2n) is 11.3. The van der Waals surface area contributed by atoms with Crippen LogP contribution in [0.3, 0.4) is 0 Å². The predicted octanol–water partition coefficient (Wildman–Crippen LogP) is 5.69. The standard InChI is InChI=1S/C33H45N2.HI/c1-7-9-15-24-34-28-20-13-11-18-26(28)32(3,4)30(34)22-17-23-31-33(5,6)27-19-12-14-21-29(27)35(31)25-16-10-8-2;/h11-14,17-23H,7-10,15-16,24-25H2,1-6H3;1H/q+1;/p-1. The Hall–Kier alpha value is -1.88. The summed E-state index contributed by atoms with van der Waals surface area (Å²) in [4.78, 5) is 2.58. The van der Waals surface area contributed by atoms with E-state index in [1.54, 1.807) is 0 Å². The Labute approximate surface area is 237 Å². The van der Waals surface area contributed by atoms with Crippen molar-refractivity contribution in [3.05, 3.63) is 83.6 Å². The molecule has 0 aliphatic carbocycles. The molecule has 0 radical (unpaired) electrons. The van der Waals surface area contributed by atoms with Crippen molar-refractivity contribution in [2.24, 2.45) is 0 Å². The van der Waals surface area contributed by atoms with Crippen LogP contribution in [-0.4, -0.2) is 23.4 Å². The summed E-state index contributed by atoms with van der Waals surface area (Å²) in [6, 6.07) is 18.0. The van der Waals surface area contributed by atoms with Crippen LogP contribution in [0.25, 0.3) is 0 Å². The third-order valence-corrected chi connectivity index (χ3v) is 8.08. The lowest BCUT2D eigenvalue weighted by molar-refractivity contribution is -0.438. The Morgan fingerprint density at radius 2 is 1.42 bits per heavy atom. The Morgan fingerprint density at radius 3 is 2.14 bits per heavy atom. The number of hydrogen-bond donors (Lipinski definition) is 0. The molecule has 0 aromatic heterocycles. The number of unbranched alkanes of at least 4 members (excludes halogenated alkanes) is 4. The largest absolute Gasteiger partial charge is 1.00 e. The van der Waals surface area contributed by atoms with E-state index < -0.39 is 0 Å². The van der Waals surface area contributed by atoms with Crippen molar-refractivity contribution in [2.45, 2.75) is 90.9 Å². The molecule has 0 unspecified atom stereocenters. The maximum atomic E-state index is 2.58. The Bertz CT molecular complexity index is 1140. The Kier molecular flexibility index (Phi) is 9.65. The Morgan fingerprint density at radius 1 is 0.778 bits per heavy atom. The molecule has 0 N–H and O–H groups in total. The lowest BCUT2D eigenvalue weighted by Crippen LogP contribution is -3.00. The van der Waals surface area contributed by atoms with Gasteiger partial charge >= 0.3 is 0 Å². The summed E-state index contributed by atoms with van der Waals surface area (Å²) in [5.41, 5.74) is 8.50. The van der Waals surface area contributed by atoms with Gasteiger partial charge < -0.3 is 28.9 Å². The van der Waals surface area contributed by atoms with Crippen LogP contribution in [-0.2, 0) is 10.8 Å². The molecular formula is C33H45IN2. The van der Waals surface area contributed by atoms with Gasteiger partial charge in [-0.1, -0.05) is 89.4 Å². The number of anilines is 1. The van der Waals surface area contributed by atoms with Crippen LogP contribution in [0.5, 0.6) is 0 Å². The van der Waals surface area contributed by atoms with Crippen molar-refractivity contribution in [1.29, 1.82) is 0 Å². The highest BCUT2D eigenvalue weighted by Gasteiger charge is 2.44. The van der Waals surface area contributed by atoms with Gasteiger partial charge in [0.05, 0.1) is 5.41 Å². The normalized spacial score (nSPS) is 18.6. The first-order valence-electron chi connectivity index (χ1n) is 13.8. The molecule has 2 aromatic rings. The fraction of sp³-hybridized carbons (Fsp3) is 0.485. The highest BCUT2D eigenvalue weighted by Crippen LogP contribution is 2.47. The van der Waals surface area contributed by atoms with Gasteiger partial charge in [-0.25, -0.2) is 0 Å². The molecule has 0 saturated heterocycles. The monoisotopic (exact) mass is 596 g/mol. The number of para-hydroxylation sites is 2. The molecule has 2 heterocycles. The predicted molar refractivity (Wildman–Crippen MR) is 152 cm³/mol. The topological polar surface area (TPSA) is 6.25 Å². The number of hydrogen-bond acceptors (Lipinski definition) is 1. The van der Waals surface area contributed by atoms with Crippen molar-refractivity contribution < 1.29 is 28.6 Å². The number of rotatable bonds is 10. The maximum Gasteiger partial charge on any atom is 0.209 e. The van der Waals surface area contributed by atoms with E-state index in [0.29, 0.717) is 0 Å². The SMILES string of the molecule is CCCCCN1/C(=C\C=C\C2=[N+](CCCCC)c3ccccc3C2(C)C)C(C)(C)c2ccccc21.[I-]. The first-order valence-corrected chi connectivity index (χ1v) is 13.8. The van der Waals surface area contributed by atoms with Gasteiger partial charge in [-0.15, -0.1) is 0 Å². The summed E-state index contributed by atoms with van der Waals surface area (Å²) in [5, 5.41) is 0. The summed E-state index contributed by atoms with van der Waals surface area (Å²) in [5.74, 6) is 0. The summed E-state index contributed by atoms with van der Waals surface area (Å²) in [7, 11) is 0. The summed E-state index contributed by atoms with van der Waals surface area (Å²) >= 11 is 0. The zero-order valence-corrected chi connectivity index (χ0v) is 25.4. The van der Waals surface area contributed by atoms with Crippen LogP contribution >= 0.6 is 0 Å². The van der Waals surface area contributed by atoms with E-state index >= 15 is 0 Å². The van der Waals surface area contributed by atoms with E-state index in [9.17, 15) is 0 Å². The molecule has 36 heavy (non-hydrogen) atoms. The number of nitrogens with zero attached hydrogens (tertiary/aromatic N) is 2. The number of fused-ring (bicyclic) bond motifs is 2. The molecule has 3 heteroatoms. The fourth-order valence-corrected chi connectivity index (χ4v) is 6.03. The number of benzene rings is 2. The molecule has 2 aliphatic heterocycles. The smallest absolute Gasteiger partial charge is 0.209 e. The van der Waals surface area contributed by atoms with E-state index in [2.05, 4.69) is 118 Å². The van der Waals surface area contributed by atoms with E-state index in [-0.39, 0.29) is 34.8 Å².